The zero-order valence-corrected chi connectivity index (χ0v) is 21.4. The zero-order chi connectivity index (χ0) is 25.9. The summed E-state index contributed by atoms with van der Waals surface area (Å²) in [5, 5.41) is 2.95. The summed E-state index contributed by atoms with van der Waals surface area (Å²) in [5.74, 6) is 3.67. The first-order chi connectivity index (χ1) is 18.6. The largest absolute Gasteiger partial charge is 0.493 e. The Morgan fingerprint density at radius 1 is 1.08 bits per heavy atom. The number of ether oxygens (including phenoxy) is 2. The lowest BCUT2D eigenvalue weighted by Crippen LogP contribution is -2.44. The Balaban J connectivity index is 1.13. The lowest BCUT2D eigenvalue weighted by atomic mass is 9.96. The monoisotopic (exact) mass is 509 g/mol. The van der Waals surface area contributed by atoms with Crippen LogP contribution < -0.4 is 14.8 Å². The molecule has 2 atom stereocenters. The maximum absolute atomic E-state index is 12.8. The summed E-state index contributed by atoms with van der Waals surface area (Å²) in [6.07, 6.45) is 7.38. The number of anilines is 1. The summed E-state index contributed by atoms with van der Waals surface area (Å²) >= 11 is 0. The fourth-order valence-electron chi connectivity index (χ4n) is 5.21. The molecule has 2 unspecified atom stereocenters. The number of imidazole rings is 1. The highest BCUT2D eigenvalue weighted by molar-refractivity contribution is 5.94. The van der Waals surface area contributed by atoms with Gasteiger partial charge in [0.15, 0.2) is 0 Å². The van der Waals surface area contributed by atoms with Gasteiger partial charge in [-0.05, 0) is 68.2 Å². The number of likely N-dealkylation sites (N-methyl/N-ethyl adjacent to an activating group) is 1. The lowest BCUT2D eigenvalue weighted by molar-refractivity contribution is -0.121. The standard InChI is InChI=1S/C30H31N5O3/c1-35-14-6-5-9-26(35)30(36)34-28-17-24(12-13-31-28)38-23-10-11-27-21(16-23)15-22(19-37-27)29-32-18-25(33-29)20-7-3-2-4-8-20/h2-4,7-8,10-13,16-18,22,26H,5-6,9,14-15,19H2,1H3,(H,32,33)(H,31,34,36). The third-order valence-electron chi connectivity index (χ3n) is 7.30. The highest BCUT2D eigenvalue weighted by atomic mass is 16.5. The lowest BCUT2D eigenvalue weighted by Gasteiger charge is -2.31. The number of likely N-dealkylation sites (tertiary alicyclic amines) is 1. The molecule has 2 aliphatic rings. The van der Waals surface area contributed by atoms with Crippen LogP contribution in [-0.4, -0.2) is 52.0 Å². The van der Waals surface area contributed by atoms with Crippen LogP contribution >= 0.6 is 0 Å². The van der Waals surface area contributed by atoms with E-state index in [0.29, 0.717) is 23.9 Å². The second-order valence-electron chi connectivity index (χ2n) is 9.99. The molecule has 4 heterocycles. The van der Waals surface area contributed by atoms with E-state index in [0.717, 1.165) is 60.6 Å². The van der Waals surface area contributed by atoms with Crippen molar-refractivity contribution in [2.24, 2.45) is 0 Å². The van der Waals surface area contributed by atoms with E-state index in [1.165, 1.54) is 0 Å². The van der Waals surface area contributed by atoms with Crippen LogP contribution in [0.15, 0.2) is 73.1 Å². The van der Waals surface area contributed by atoms with Gasteiger partial charge in [0.05, 0.1) is 30.5 Å². The van der Waals surface area contributed by atoms with Crippen molar-refractivity contribution in [2.75, 3.05) is 25.5 Å². The third-order valence-corrected chi connectivity index (χ3v) is 7.30. The predicted molar refractivity (Wildman–Crippen MR) is 146 cm³/mol. The number of carbonyl (C=O) groups is 1. The Morgan fingerprint density at radius 2 is 1.95 bits per heavy atom. The normalized spacial score (nSPS) is 19.3. The van der Waals surface area contributed by atoms with Gasteiger partial charge in [0.1, 0.15) is 28.9 Å². The molecule has 1 fully saturated rings. The van der Waals surface area contributed by atoms with Crippen LogP contribution in [0.25, 0.3) is 11.3 Å². The molecule has 2 N–H and O–H groups in total. The number of aromatic amines is 1. The van der Waals surface area contributed by atoms with E-state index in [-0.39, 0.29) is 17.9 Å². The van der Waals surface area contributed by atoms with E-state index < -0.39 is 0 Å². The second kappa shape index (κ2) is 10.7. The predicted octanol–water partition coefficient (Wildman–Crippen LogP) is 5.41. The van der Waals surface area contributed by atoms with Crippen LogP contribution in [0.2, 0.25) is 0 Å². The Hall–Kier alpha value is -4.17. The zero-order valence-electron chi connectivity index (χ0n) is 21.4. The number of nitrogens with zero attached hydrogens (tertiary/aromatic N) is 3. The van der Waals surface area contributed by atoms with Gasteiger partial charge in [0.25, 0.3) is 0 Å². The minimum Gasteiger partial charge on any atom is -0.493 e. The minimum atomic E-state index is -0.123. The number of benzene rings is 2. The van der Waals surface area contributed by atoms with Crippen molar-refractivity contribution in [3.63, 3.8) is 0 Å². The number of H-pyrrole nitrogens is 1. The Bertz CT molecular complexity index is 1420. The van der Waals surface area contributed by atoms with Gasteiger partial charge in [-0.2, -0.15) is 0 Å². The molecule has 2 aliphatic heterocycles. The maximum atomic E-state index is 12.8. The number of amides is 1. The second-order valence-corrected chi connectivity index (χ2v) is 9.99. The van der Waals surface area contributed by atoms with Crippen molar-refractivity contribution in [1.82, 2.24) is 19.9 Å². The van der Waals surface area contributed by atoms with Gasteiger partial charge >= 0.3 is 0 Å². The first-order valence-electron chi connectivity index (χ1n) is 13.1. The van der Waals surface area contributed by atoms with Crippen LogP contribution in [0.5, 0.6) is 17.2 Å². The molecule has 4 aromatic rings. The first-order valence-corrected chi connectivity index (χ1v) is 13.1. The molecule has 2 aromatic heterocycles. The molecular formula is C30H31N5O3. The van der Waals surface area contributed by atoms with Crippen LogP contribution in [-0.2, 0) is 11.2 Å². The number of piperidine rings is 1. The van der Waals surface area contributed by atoms with Crippen LogP contribution in [0.4, 0.5) is 5.82 Å². The number of rotatable bonds is 6. The highest BCUT2D eigenvalue weighted by Crippen LogP contribution is 2.36. The van der Waals surface area contributed by atoms with E-state index in [4.69, 9.17) is 9.47 Å². The van der Waals surface area contributed by atoms with E-state index in [9.17, 15) is 4.79 Å². The Kier molecular flexibility index (Phi) is 6.79. The smallest absolute Gasteiger partial charge is 0.242 e. The van der Waals surface area contributed by atoms with E-state index in [1.54, 1.807) is 18.3 Å². The van der Waals surface area contributed by atoms with Crippen LogP contribution in [0, 0.1) is 0 Å². The van der Waals surface area contributed by atoms with Crippen molar-refractivity contribution >= 4 is 11.7 Å². The number of hydrogen-bond acceptors (Lipinski definition) is 6. The molecule has 6 rings (SSSR count). The van der Waals surface area contributed by atoms with Crippen LogP contribution in [0.3, 0.4) is 0 Å². The molecule has 0 aliphatic carbocycles. The summed E-state index contributed by atoms with van der Waals surface area (Å²) in [6.45, 7) is 1.50. The number of carbonyl (C=O) groups excluding carboxylic acids is 1. The van der Waals surface area contributed by atoms with Gasteiger partial charge < -0.3 is 19.8 Å². The molecule has 1 saturated heterocycles. The number of fused-ring (bicyclic) bond motifs is 1. The number of pyridine rings is 1. The Morgan fingerprint density at radius 3 is 2.82 bits per heavy atom. The fraction of sp³-hybridized carbons (Fsp3) is 0.300. The molecule has 194 valence electrons. The van der Waals surface area contributed by atoms with Crippen molar-refractivity contribution in [3.05, 3.63) is 84.4 Å². The van der Waals surface area contributed by atoms with Gasteiger partial charge in [-0.3, -0.25) is 9.69 Å². The summed E-state index contributed by atoms with van der Waals surface area (Å²) in [6, 6.07) is 19.5. The molecule has 38 heavy (non-hydrogen) atoms. The average Bonchev–Trinajstić information content (AvgIpc) is 3.44. The van der Waals surface area contributed by atoms with Gasteiger partial charge in [0, 0.05) is 12.3 Å². The molecule has 8 nitrogen and oxygen atoms in total. The van der Waals surface area contributed by atoms with Gasteiger partial charge in [0.2, 0.25) is 5.91 Å². The average molecular weight is 510 g/mol. The van der Waals surface area contributed by atoms with E-state index in [2.05, 4.69) is 37.3 Å². The molecule has 8 heteroatoms. The fourth-order valence-corrected chi connectivity index (χ4v) is 5.21. The molecule has 2 aromatic carbocycles. The maximum Gasteiger partial charge on any atom is 0.242 e. The Labute approximate surface area is 222 Å². The number of aromatic nitrogens is 3. The highest BCUT2D eigenvalue weighted by Gasteiger charge is 2.27. The van der Waals surface area contributed by atoms with Crippen molar-refractivity contribution in [2.45, 2.75) is 37.6 Å². The van der Waals surface area contributed by atoms with Crippen molar-refractivity contribution in [3.8, 4) is 28.5 Å². The molecule has 0 spiro atoms. The summed E-state index contributed by atoms with van der Waals surface area (Å²) in [4.78, 5) is 27.3. The van der Waals surface area contributed by atoms with E-state index >= 15 is 0 Å². The topological polar surface area (TPSA) is 92.4 Å². The van der Waals surface area contributed by atoms with Gasteiger partial charge in [-0.25, -0.2) is 9.97 Å². The summed E-state index contributed by atoms with van der Waals surface area (Å²) in [5.41, 5.74) is 3.18. The summed E-state index contributed by atoms with van der Waals surface area (Å²) < 4.78 is 12.2. The molecule has 0 saturated carbocycles. The number of nitrogens with one attached hydrogen (secondary N) is 2. The number of hydrogen-bond donors (Lipinski definition) is 2. The molecule has 0 bridgehead atoms. The first kappa shape index (κ1) is 24.2. The SMILES string of the molecule is CN1CCCCC1C(=O)Nc1cc(Oc2ccc3c(c2)CC(c2ncc(-c4ccccc4)[nH]2)CO3)ccn1. The van der Waals surface area contributed by atoms with Gasteiger partial charge in [-0.15, -0.1) is 0 Å². The summed E-state index contributed by atoms with van der Waals surface area (Å²) in [7, 11) is 1.99. The minimum absolute atomic E-state index is 0.0258. The quantitative estimate of drug-likeness (QED) is 0.361. The van der Waals surface area contributed by atoms with Crippen LogP contribution in [0.1, 0.15) is 36.6 Å². The third kappa shape index (κ3) is 5.26. The van der Waals surface area contributed by atoms with Crippen molar-refractivity contribution in [1.29, 1.82) is 0 Å². The van der Waals surface area contributed by atoms with Crippen molar-refractivity contribution < 1.29 is 14.3 Å². The molecule has 1 amide bonds. The molecular weight excluding hydrogens is 478 g/mol. The van der Waals surface area contributed by atoms with Gasteiger partial charge in [-0.1, -0.05) is 36.8 Å². The molecule has 0 radical (unpaired) electrons. The van der Waals surface area contributed by atoms with E-state index in [1.807, 2.05) is 49.6 Å².